The van der Waals surface area contributed by atoms with E-state index in [4.69, 9.17) is 11.6 Å². The summed E-state index contributed by atoms with van der Waals surface area (Å²) in [7, 11) is 0. The van der Waals surface area contributed by atoms with Gasteiger partial charge in [0.15, 0.2) is 0 Å². The van der Waals surface area contributed by atoms with E-state index in [1.165, 1.54) is 6.20 Å². The zero-order valence-corrected chi connectivity index (χ0v) is 7.48. The maximum absolute atomic E-state index is 12.9. The number of nitrogens with zero attached hydrogens (tertiary/aromatic N) is 2. The third kappa shape index (κ3) is 1.77. The summed E-state index contributed by atoms with van der Waals surface area (Å²) in [5, 5.41) is 0.129. The van der Waals surface area contributed by atoms with Crippen molar-refractivity contribution < 1.29 is 8.78 Å². The average Bonchev–Trinajstić information content (AvgIpc) is 2.05. The molecule has 0 radical (unpaired) electrons. The lowest BCUT2D eigenvalue weighted by Gasteiger charge is -2.22. The smallest absolute Gasteiger partial charge is 0.226 e. The molecule has 1 aromatic heterocycles. The second-order valence-electron chi connectivity index (χ2n) is 3.14. The number of alkyl halides is 2. The second kappa shape index (κ2) is 2.87. The lowest BCUT2D eigenvalue weighted by molar-refractivity contribution is -0.0129. The van der Waals surface area contributed by atoms with Crippen LogP contribution in [-0.2, 0) is 12.8 Å². The first-order chi connectivity index (χ1) is 6.07. The van der Waals surface area contributed by atoms with Gasteiger partial charge in [0.1, 0.15) is 0 Å². The van der Waals surface area contributed by atoms with E-state index in [1.54, 1.807) is 0 Å². The number of hydrogen-bond acceptors (Lipinski definition) is 2. The summed E-state index contributed by atoms with van der Waals surface area (Å²) >= 11 is 5.54. The zero-order chi connectivity index (χ0) is 9.47. The Balaban J connectivity index is 2.37. The lowest BCUT2D eigenvalue weighted by Crippen LogP contribution is -2.26. The molecular weight excluding hydrogens is 198 g/mol. The maximum atomic E-state index is 12.9. The number of aromatic nitrogens is 2. The van der Waals surface area contributed by atoms with Gasteiger partial charge in [0.2, 0.25) is 5.28 Å². The zero-order valence-electron chi connectivity index (χ0n) is 6.73. The van der Waals surface area contributed by atoms with E-state index in [0.717, 1.165) is 0 Å². The predicted molar refractivity (Wildman–Crippen MR) is 44.0 cm³/mol. The molecule has 13 heavy (non-hydrogen) atoms. The quantitative estimate of drug-likeness (QED) is 0.606. The van der Waals surface area contributed by atoms with Crippen LogP contribution in [0.2, 0.25) is 5.28 Å². The molecule has 0 unspecified atom stereocenters. The highest BCUT2D eigenvalue weighted by atomic mass is 35.5. The highest BCUT2D eigenvalue weighted by Crippen LogP contribution is 2.31. The Morgan fingerprint density at radius 3 is 3.00 bits per heavy atom. The highest BCUT2D eigenvalue weighted by molar-refractivity contribution is 6.28. The molecule has 1 heterocycles. The molecule has 0 spiro atoms. The minimum absolute atomic E-state index is 0.129. The Hall–Kier alpha value is -0.770. The molecule has 1 aliphatic carbocycles. The lowest BCUT2D eigenvalue weighted by atomic mass is 9.94. The Bertz CT molecular complexity index is 341. The highest BCUT2D eigenvalue weighted by Gasteiger charge is 2.34. The van der Waals surface area contributed by atoms with E-state index in [0.29, 0.717) is 11.3 Å². The van der Waals surface area contributed by atoms with Crippen LogP contribution >= 0.6 is 11.6 Å². The van der Waals surface area contributed by atoms with Crippen molar-refractivity contribution >= 4 is 11.6 Å². The van der Waals surface area contributed by atoms with Crippen LogP contribution < -0.4 is 0 Å². The van der Waals surface area contributed by atoms with Crippen molar-refractivity contribution in [3.8, 4) is 0 Å². The van der Waals surface area contributed by atoms with Gasteiger partial charge in [-0.25, -0.2) is 18.7 Å². The third-order valence-corrected chi connectivity index (χ3v) is 2.28. The summed E-state index contributed by atoms with van der Waals surface area (Å²) in [6, 6.07) is 0. The van der Waals surface area contributed by atoms with E-state index >= 15 is 0 Å². The summed E-state index contributed by atoms with van der Waals surface area (Å²) in [4.78, 5) is 7.58. The second-order valence-corrected chi connectivity index (χ2v) is 3.48. The first-order valence-electron chi connectivity index (χ1n) is 3.95. The van der Waals surface area contributed by atoms with Crippen LogP contribution in [0.1, 0.15) is 17.7 Å². The van der Waals surface area contributed by atoms with Gasteiger partial charge < -0.3 is 0 Å². The predicted octanol–water partition coefficient (Wildman–Crippen LogP) is 2.25. The van der Waals surface area contributed by atoms with E-state index in [-0.39, 0.29) is 24.5 Å². The standard InChI is InChI=1S/C8H7ClF2N2/c9-7-12-4-5-3-8(10,11)2-1-6(5)13-7/h4H,1-3H2. The molecule has 0 fully saturated rings. The van der Waals surface area contributed by atoms with Crippen molar-refractivity contribution in [3.63, 3.8) is 0 Å². The molecule has 0 saturated heterocycles. The van der Waals surface area contributed by atoms with Crippen molar-refractivity contribution in [3.05, 3.63) is 22.7 Å². The molecule has 0 N–H and O–H groups in total. The molecule has 0 amide bonds. The Morgan fingerprint density at radius 2 is 2.23 bits per heavy atom. The molecule has 1 aromatic rings. The van der Waals surface area contributed by atoms with Gasteiger partial charge in [-0.1, -0.05) is 0 Å². The van der Waals surface area contributed by atoms with Crippen molar-refractivity contribution in [1.29, 1.82) is 0 Å². The largest absolute Gasteiger partial charge is 0.252 e. The van der Waals surface area contributed by atoms with Gasteiger partial charge in [0.25, 0.3) is 5.92 Å². The molecule has 0 atom stereocenters. The maximum Gasteiger partial charge on any atom is 0.252 e. The van der Waals surface area contributed by atoms with E-state index in [9.17, 15) is 8.78 Å². The molecule has 2 nitrogen and oxygen atoms in total. The van der Waals surface area contributed by atoms with E-state index in [2.05, 4.69) is 9.97 Å². The van der Waals surface area contributed by atoms with Gasteiger partial charge in [0.05, 0.1) is 0 Å². The molecule has 2 rings (SSSR count). The molecule has 0 bridgehead atoms. The fourth-order valence-corrected chi connectivity index (χ4v) is 1.60. The van der Waals surface area contributed by atoms with Crippen molar-refractivity contribution in [2.24, 2.45) is 0 Å². The number of aryl methyl sites for hydroxylation is 1. The minimum Gasteiger partial charge on any atom is -0.226 e. The summed E-state index contributed by atoms with van der Waals surface area (Å²) in [5.74, 6) is -2.61. The topological polar surface area (TPSA) is 25.8 Å². The van der Waals surface area contributed by atoms with Crippen LogP contribution in [0.3, 0.4) is 0 Å². The van der Waals surface area contributed by atoms with Gasteiger partial charge in [0, 0.05) is 24.7 Å². The SMILES string of the molecule is FC1(F)CCc2nc(Cl)ncc2C1. The van der Waals surface area contributed by atoms with Gasteiger partial charge in [-0.15, -0.1) is 0 Å². The van der Waals surface area contributed by atoms with Crippen LogP contribution in [0.4, 0.5) is 8.78 Å². The number of halogens is 3. The molecule has 70 valence electrons. The van der Waals surface area contributed by atoms with Gasteiger partial charge in [-0.05, 0) is 23.6 Å². The van der Waals surface area contributed by atoms with Crippen LogP contribution in [0.5, 0.6) is 0 Å². The number of fused-ring (bicyclic) bond motifs is 1. The summed E-state index contributed by atoms with van der Waals surface area (Å²) < 4.78 is 25.8. The first kappa shape index (κ1) is 8.81. The monoisotopic (exact) mass is 204 g/mol. The molecule has 1 aliphatic rings. The molecule has 5 heteroatoms. The Kier molecular flexibility index (Phi) is 1.95. The van der Waals surface area contributed by atoms with Gasteiger partial charge in [-0.3, -0.25) is 0 Å². The number of rotatable bonds is 0. The van der Waals surface area contributed by atoms with Crippen LogP contribution in [0.15, 0.2) is 6.20 Å². The van der Waals surface area contributed by atoms with Crippen molar-refractivity contribution in [1.82, 2.24) is 9.97 Å². The average molecular weight is 205 g/mol. The Labute approximate surface area is 79.0 Å². The molecule has 0 saturated carbocycles. The number of hydrogen-bond donors (Lipinski definition) is 0. The molecule has 0 aliphatic heterocycles. The van der Waals surface area contributed by atoms with E-state index in [1.807, 2.05) is 0 Å². The van der Waals surface area contributed by atoms with Crippen LogP contribution in [0, 0.1) is 0 Å². The first-order valence-corrected chi connectivity index (χ1v) is 4.33. The summed E-state index contributed by atoms with van der Waals surface area (Å²) in [5.41, 5.74) is 1.17. The minimum atomic E-state index is -2.61. The van der Waals surface area contributed by atoms with Crippen molar-refractivity contribution in [2.75, 3.05) is 0 Å². The van der Waals surface area contributed by atoms with Crippen LogP contribution in [-0.4, -0.2) is 15.9 Å². The molecule has 0 aromatic carbocycles. The van der Waals surface area contributed by atoms with Gasteiger partial charge >= 0.3 is 0 Å². The summed E-state index contributed by atoms with van der Waals surface area (Å²) in [6.45, 7) is 0. The van der Waals surface area contributed by atoms with Crippen molar-refractivity contribution in [2.45, 2.75) is 25.2 Å². The molecular formula is C8H7ClF2N2. The normalized spacial score (nSPS) is 19.6. The summed E-state index contributed by atoms with van der Waals surface area (Å²) in [6.07, 6.45) is 1.26. The Morgan fingerprint density at radius 1 is 1.46 bits per heavy atom. The van der Waals surface area contributed by atoms with Crippen LogP contribution in [0.25, 0.3) is 0 Å². The van der Waals surface area contributed by atoms with Gasteiger partial charge in [-0.2, -0.15) is 0 Å². The fourth-order valence-electron chi connectivity index (χ4n) is 1.45. The fraction of sp³-hybridized carbons (Fsp3) is 0.500. The van der Waals surface area contributed by atoms with E-state index < -0.39 is 5.92 Å². The third-order valence-electron chi connectivity index (χ3n) is 2.10.